The summed E-state index contributed by atoms with van der Waals surface area (Å²) >= 11 is 0. The first-order valence-corrected chi connectivity index (χ1v) is 13.8. The number of allylic oxidation sites excluding steroid dienone is 1. The van der Waals surface area contributed by atoms with E-state index >= 15 is 0 Å². The number of benzene rings is 3. The minimum absolute atomic E-state index is 0.0702. The molecular weight excluding hydrogens is 630 g/mol. The Bertz CT molecular complexity index is 1950. The van der Waals surface area contributed by atoms with Crippen LogP contribution in [-0.4, -0.2) is 32.1 Å². The van der Waals surface area contributed by atoms with Gasteiger partial charge in [0.05, 0.1) is 43.4 Å². The average Bonchev–Trinajstić information content (AvgIpc) is 3.03. The summed E-state index contributed by atoms with van der Waals surface area (Å²) in [6.45, 7) is 2.02. The summed E-state index contributed by atoms with van der Waals surface area (Å²) in [5, 5.41) is 12.3. The largest absolute Gasteiger partial charge is 0.618 e. The van der Waals surface area contributed by atoms with Gasteiger partial charge in [0, 0.05) is 41.8 Å². The Balaban J connectivity index is 0.000000160. The lowest BCUT2D eigenvalue weighted by Gasteiger charge is -2.16. The summed E-state index contributed by atoms with van der Waals surface area (Å²) in [6.07, 6.45) is -4.23. The second-order valence-corrected chi connectivity index (χ2v) is 10.2. The van der Waals surface area contributed by atoms with E-state index in [1.54, 1.807) is 19.3 Å². The molecule has 0 saturated carbocycles. The Morgan fingerprint density at radius 1 is 0.766 bits per heavy atom. The van der Waals surface area contributed by atoms with Gasteiger partial charge in [-0.05, 0) is 48.9 Å². The lowest BCUT2D eigenvalue weighted by Crippen LogP contribution is -2.26. The van der Waals surface area contributed by atoms with Gasteiger partial charge in [0.25, 0.3) is 0 Å². The molecule has 7 nitrogen and oxygen atoms in total. The smallest absolute Gasteiger partial charge is 0.416 e. The molecule has 6 rings (SSSR count). The van der Waals surface area contributed by atoms with Crippen LogP contribution in [0, 0.1) is 12.1 Å². The van der Waals surface area contributed by atoms with E-state index in [2.05, 4.69) is 4.98 Å². The molecule has 246 valence electrons. The molecule has 0 saturated heterocycles. The fraction of sp³-hybridized carbons (Fsp3) is 0.206. The third-order valence-electron chi connectivity index (χ3n) is 7.06. The average molecular weight is 659 g/mol. The summed E-state index contributed by atoms with van der Waals surface area (Å²) in [5.74, 6) is 1.66. The monoisotopic (exact) mass is 658 g/mol. The number of alkyl halides is 6. The molecule has 0 radical (unpaired) electrons. The van der Waals surface area contributed by atoms with Gasteiger partial charge in [-0.2, -0.15) is 31.1 Å². The Labute approximate surface area is 265 Å². The quantitative estimate of drug-likeness (QED) is 0.112. The first kappa shape index (κ1) is 34.5. The van der Waals surface area contributed by atoms with E-state index in [0.29, 0.717) is 39.2 Å². The number of fused-ring (bicyclic) bond motifs is 3. The standard InChI is InChI=1S/C12H12O2.C11H8F3NO2.C11H8F3NO/c1-8-3-4-11-9(5-8)6-10(13)7-12(11)14-2;1-17-10-4-5-15(16)9-6-7(11(12,13)14)2-3-8(9)10;1-16-10-4-5-15-9-6-7(11(12,13)14)2-3-8(9)10/h3-5,7H,6H2,1-2H3;2-6H,1H3;2-6H,1H3. The van der Waals surface area contributed by atoms with Crippen molar-refractivity contribution in [2.24, 2.45) is 0 Å². The molecule has 0 N–H and O–H groups in total. The zero-order valence-corrected chi connectivity index (χ0v) is 25.5. The van der Waals surface area contributed by atoms with E-state index in [1.165, 1.54) is 44.2 Å². The molecule has 47 heavy (non-hydrogen) atoms. The van der Waals surface area contributed by atoms with Crippen molar-refractivity contribution in [3.05, 3.63) is 118 Å². The van der Waals surface area contributed by atoms with E-state index in [0.717, 1.165) is 41.6 Å². The number of aromatic nitrogens is 2. The van der Waals surface area contributed by atoms with Gasteiger partial charge in [-0.3, -0.25) is 9.78 Å². The van der Waals surface area contributed by atoms with E-state index in [1.807, 2.05) is 25.1 Å². The van der Waals surface area contributed by atoms with Crippen molar-refractivity contribution < 1.29 is 50.1 Å². The minimum Gasteiger partial charge on any atom is -0.618 e. The molecule has 2 aromatic heterocycles. The van der Waals surface area contributed by atoms with Crippen LogP contribution in [0.15, 0.2) is 85.2 Å². The van der Waals surface area contributed by atoms with E-state index < -0.39 is 23.5 Å². The van der Waals surface area contributed by atoms with Crippen LogP contribution >= 0.6 is 0 Å². The maximum atomic E-state index is 12.5. The van der Waals surface area contributed by atoms with E-state index in [4.69, 9.17) is 14.2 Å². The minimum atomic E-state index is -4.47. The topological polar surface area (TPSA) is 84.6 Å². The number of halogens is 6. The maximum absolute atomic E-state index is 12.5. The van der Waals surface area contributed by atoms with Gasteiger partial charge in [-0.15, -0.1) is 0 Å². The second kappa shape index (κ2) is 14.0. The second-order valence-electron chi connectivity index (χ2n) is 10.2. The van der Waals surface area contributed by atoms with Crippen LogP contribution < -0.4 is 14.2 Å². The van der Waals surface area contributed by atoms with Gasteiger partial charge in [0.15, 0.2) is 12.0 Å². The summed E-state index contributed by atoms with van der Waals surface area (Å²) in [6, 6.07) is 15.4. The summed E-state index contributed by atoms with van der Waals surface area (Å²) in [5.41, 5.74) is 1.91. The highest BCUT2D eigenvalue weighted by atomic mass is 19.4. The van der Waals surface area contributed by atoms with Crippen LogP contribution in [-0.2, 0) is 28.3 Å². The molecule has 0 unspecified atom stereocenters. The molecule has 1 aliphatic rings. The lowest BCUT2D eigenvalue weighted by atomic mass is 9.93. The fourth-order valence-electron chi connectivity index (χ4n) is 4.80. The Morgan fingerprint density at radius 2 is 1.38 bits per heavy atom. The number of methoxy groups -OCH3 is 3. The molecule has 0 spiro atoms. The molecule has 5 aromatic rings. The number of hydrogen-bond acceptors (Lipinski definition) is 6. The highest BCUT2D eigenvalue weighted by Gasteiger charge is 2.32. The number of nitrogens with zero attached hydrogens (tertiary/aromatic N) is 2. The molecule has 3 aromatic carbocycles. The van der Waals surface area contributed by atoms with Crippen LogP contribution in [0.5, 0.6) is 11.5 Å². The van der Waals surface area contributed by atoms with Crippen molar-refractivity contribution in [1.82, 2.24) is 4.98 Å². The molecule has 0 aliphatic heterocycles. The van der Waals surface area contributed by atoms with Crippen LogP contribution in [0.25, 0.3) is 27.6 Å². The number of carbonyl (C=O) groups excluding carboxylic acids is 1. The first-order valence-electron chi connectivity index (χ1n) is 13.8. The van der Waals surface area contributed by atoms with Crippen molar-refractivity contribution in [2.75, 3.05) is 21.3 Å². The maximum Gasteiger partial charge on any atom is 0.416 e. The molecule has 13 heteroatoms. The van der Waals surface area contributed by atoms with Crippen LogP contribution in [0.4, 0.5) is 26.3 Å². The Kier molecular flexibility index (Phi) is 10.3. The third-order valence-corrected chi connectivity index (χ3v) is 7.06. The fourth-order valence-corrected chi connectivity index (χ4v) is 4.80. The van der Waals surface area contributed by atoms with Gasteiger partial charge in [0.1, 0.15) is 17.3 Å². The predicted octanol–water partition coefficient (Wildman–Crippen LogP) is 7.87. The molecule has 0 amide bonds. The van der Waals surface area contributed by atoms with Crippen molar-refractivity contribution in [1.29, 1.82) is 0 Å². The van der Waals surface area contributed by atoms with Crippen LogP contribution in [0.2, 0.25) is 0 Å². The number of pyridine rings is 2. The van der Waals surface area contributed by atoms with Gasteiger partial charge >= 0.3 is 12.4 Å². The highest BCUT2D eigenvalue weighted by Crippen LogP contribution is 2.34. The van der Waals surface area contributed by atoms with E-state index in [9.17, 15) is 36.3 Å². The van der Waals surface area contributed by atoms with Gasteiger partial charge in [-0.1, -0.05) is 23.8 Å². The van der Waals surface area contributed by atoms with E-state index in [-0.39, 0.29) is 16.8 Å². The first-order chi connectivity index (χ1) is 22.2. The third kappa shape index (κ3) is 8.10. The molecule has 0 atom stereocenters. The highest BCUT2D eigenvalue weighted by molar-refractivity contribution is 6.00. The summed E-state index contributed by atoms with van der Waals surface area (Å²) in [7, 11) is 4.45. The molecule has 0 bridgehead atoms. The zero-order chi connectivity index (χ0) is 34.5. The number of rotatable bonds is 3. The number of carbonyl (C=O) groups is 1. The van der Waals surface area contributed by atoms with Gasteiger partial charge < -0.3 is 19.4 Å². The summed E-state index contributed by atoms with van der Waals surface area (Å²) < 4.78 is 90.3. The number of ketones is 1. The lowest BCUT2D eigenvalue weighted by molar-refractivity contribution is -0.577. The van der Waals surface area contributed by atoms with Gasteiger partial charge in [0.2, 0.25) is 5.52 Å². The zero-order valence-electron chi connectivity index (χ0n) is 25.5. The van der Waals surface area contributed by atoms with Crippen LogP contribution in [0.3, 0.4) is 0 Å². The van der Waals surface area contributed by atoms with Crippen molar-refractivity contribution >= 4 is 33.3 Å². The van der Waals surface area contributed by atoms with Crippen LogP contribution in [0.1, 0.15) is 27.8 Å². The number of aryl methyl sites for hydroxylation is 1. The summed E-state index contributed by atoms with van der Waals surface area (Å²) in [4.78, 5) is 15.2. The SMILES string of the molecule is COC1=CC(=O)Cc2cc(C)ccc21.COc1cc[n+]([O-])c2cc(C(F)(F)F)ccc12.COc1ccnc2cc(C(F)(F)F)ccc12. The molecular formula is C34H28F6N2O5. The van der Waals surface area contributed by atoms with Crippen molar-refractivity contribution in [3.63, 3.8) is 0 Å². The van der Waals surface area contributed by atoms with Gasteiger partial charge in [-0.25, -0.2) is 0 Å². The normalized spacial score (nSPS) is 12.6. The Hall–Kier alpha value is -5.33. The van der Waals surface area contributed by atoms with Crippen molar-refractivity contribution in [2.45, 2.75) is 25.7 Å². The predicted molar refractivity (Wildman–Crippen MR) is 163 cm³/mol. The number of hydrogen-bond donors (Lipinski definition) is 0. The number of ether oxygens (including phenoxy) is 3. The Morgan fingerprint density at radius 3 is 2.00 bits per heavy atom. The molecule has 2 heterocycles. The van der Waals surface area contributed by atoms with Crippen molar-refractivity contribution in [3.8, 4) is 11.5 Å². The molecule has 1 aliphatic carbocycles. The molecule has 0 fully saturated rings.